The molecule has 2 aromatic carbocycles. The number of carbonyl (C=O) groups excluding carboxylic acids is 1. The Kier molecular flexibility index (Phi) is 7.69. The minimum Gasteiger partial charge on any atom is -0.497 e. The Morgan fingerprint density at radius 2 is 1.86 bits per heavy atom. The Bertz CT molecular complexity index is 1190. The van der Waals surface area contributed by atoms with E-state index in [0.717, 1.165) is 46.8 Å². The van der Waals surface area contributed by atoms with Crippen molar-refractivity contribution in [1.82, 2.24) is 10.6 Å². The number of hydrogen-bond acceptors (Lipinski definition) is 6. The monoisotopic (exact) mass is 489 g/mol. The van der Waals surface area contributed by atoms with Gasteiger partial charge >= 0.3 is 0 Å². The first-order valence-corrected chi connectivity index (χ1v) is 12.7. The zero-order valence-corrected chi connectivity index (χ0v) is 22.3. The normalized spacial score (nSPS) is 21.2. The number of benzene rings is 2. The third-order valence-electron chi connectivity index (χ3n) is 7.44. The van der Waals surface area contributed by atoms with E-state index in [0.29, 0.717) is 29.1 Å². The van der Waals surface area contributed by atoms with E-state index in [1.54, 1.807) is 14.2 Å². The van der Waals surface area contributed by atoms with Crippen LogP contribution in [0.5, 0.6) is 5.75 Å². The molecule has 3 atom stereocenters. The van der Waals surface area contributed by atoms with Crippen LogP contribution in [0.15, 0.2) is 47.1 Å². The average Bonchev–Trinajstić information content (AvgIpc) is 3.20. The average molecular weight is 490 g/mol. The van der Waals surface area contributed by atoms with Crippen LogP contribution in [0.4, 0.5) is 5.69 Å². The largest absolute Gasteiger partial charge is 0.497 e. The van der Waals surface area contributed by atoms with Gasteiger partial charge in [0.2, 0.25) is 0 Å². The fourth-order valence-corrected chi connectivity index (χ4v) is 5.38. The molecule has 4 N–H and O–H groups in total. The number of piperazine rings is 1. The summed E-state index contributed by atoms with van der Waals surface area (Å²) in [7, 11) is 3.40. The number of rotatable bonds is 7. The Labute approximate surface area is 214 Å². The molecular weight excluding hydrogens is 450 g/mol. The maximum absolute atomic E-state index is 13.4. The molecule has 2 saturated heterocycles. The number of ether oxygens (including phenoxy) is 1. The number of nitrogens with zero attached hydrogens (tertiary/aromatic N) is 2. The topological polar surface area (TPSA) is 92.0 Å². The van der Waals surface area contributed by atoms with Crippen molar-refractivity contribution in [3.63, 3.8) is 0 Å². The summed E-state index contributed by atoms with van der Waals surface area (Å²) in [6.07, 6.45) is 2.45. The molecule has 2 aromatic rings. The van der Waals surface area contributed by atoms with Gasteiger partial charge in [-0.3, -0.25) is 9.79 Å². The summed E-state index contributed by atoms with van der Waals surface area (Å²) in [5, 5.41) is 6.87. The number of aliphatic imine (C=N–C) groups is 1. The van der Waals surface area contributed by atoms with E-state index >= 15 is 0 Å². The molecule has 0 radical (unpaired) electrons. The predicted octanol–water partition coefficient (Wildman–Crippen LogP) is 4.22. The lowest BCUT2D eigenvalue weighted by atomic mass is 9.95. The Balaban J connectivity index is 1.58. The first-order valence-electron chi connectivity index (χ1n) is 12.7. The molecule has 0 spiro atoms. The van der Waals surface area contributed by atoms with Crippen LogP contribution in [0.3, 0.4) is 0 Å². The van der Waals surface area contributed by atoms with E-state index < -0.39 is 0 Å². The van der Waals surface area contributed by atoms with Crippen LogP contribution in [0, 0.1) is 6.92 Å². The molecule has 7 heteroatoms. The molecule has 2 bridgehead atoms. The van der Waals surface area contributed by atoms with Gasteiger partial charge in [-0.2, -0.15) is 0 Å². The van der Waals surface area contributed by atoms with Gasteiger partial charge in [0.05, 0.1) is 13.2 Å². The number of amides is 1. The molecule has 2 aliphatic heterocycles. The minimum absolute atomic E-state index is 0.0820. The minimum atomic E-state index is -0.234. The number of allylic oxidation sites excluding steroid dienone is 2. The molecule has 2 heterocycles. The molecule has 0 unspecified atom stereocenters. The number of anilines is 1. The van der Waals surface area contributed by atoms with Crippen LogP contribution >= 0.6 is 0 Å². The lowest BCUT2D eigenvalue weighted by Crippen LogP contribution is -2.51. The second-order valence-electron chi connectivity index (χ2n) is 10.1. The molecule has 0 saturated carbocycles. The third kappa shape index (κ3) is 5.41. The zero-order chi connectivity index (χ0) is 26.0. The van der Waals surface area contributed by atoms with E-state index in [2.05, 4.69) is 32.7 Å². The number of nitrogens with two attached hydrogens (primary N) is 1. The van der Waals surface area contributed by atoms with Gasteiger partial charge in [-0.15, -0.1) is 0 Å². The Hall–Kier alpha value is -3.32. The molecule has 0 aromatic heterocycles. The van der Waals surface area contributed by atoms with Gasteiger partial charge in [-0.05, 0) is 87.6 Å². The highest BCUT2D eigenvalue weighted by Crippen LogP contribution is 2.30. The smallest absolute Gasteiger partial charge is 0.252 e. The summed E-state index contributed by atoms with van der Waals surface area (Å²) in [6.45, 7) is 9.76. The number of methoxy groups -OCH3 is 1. The van der Waals surface area contributed by atoms with Gasteiger partial charge in [-0.25, -0.2) is 0 Å². The van der Waals surface area contributed by atoms with E-state index in [4.69, 9.17) is 10.5 Å². The SMILES string of the molecule is CN=C(C)C(=C(C)N)c1cc(OC)cc([C@@H](C)NC(=O)c2cc(N3C[C@H]4CC[C@@H](C3)N4)ccc2C)c1. The highest BCUT2D eigenvalue weighted by Gasteiger charge is 2.32. The van der Waals surface area contributed by atoms with Crippen molar-refractivity contribution >= 4 is 22.9 Å². The highest BCUT2D eigenvalue weighted by atomic mass is 16.5. The molecule has 2 aliphatic rings. The molecule has 192 valence electrons. The fraction of sp³-hybridized carbons (Fsp3) is 0.448. The van der Waals surface area contributed by atoms with Crippen LogP contribution in [-0.2, 0) is 0 Å². The van der Waals surface area contributed by atoms with Gasteiger partial charge in [0.25, 0.3) is 5.91 Å². The first kappa shape index (κ1) is 25.8. The van der Waals surface area contributed by atoms with Crippen molar-refractivity contribution < 1.29 is 9.53 Å². The maximum atomic E-state index is 13.4. The predicted molar refractivity (Wildman–Crippen MR) is 148 cm³/mol. The van der Waals surface area contributed by atoms with E-state index in [1.807, 2.05) is 52.0 Å². The van der Waals surface area contributed by atoms with E-state index in [-0.39, 0.29) is 11.9 Å². The molecule has 2 fully saturated rings. The summed E-state index contributed by atoms with van der Waals surface area (Å²) in [5.41, 5.74) is 13.3. The van der Waals surface area contributed by atoms with Crippen LogP contribution < -0.4 is 26.0 Å². The number of nitrogens with one attached hydrogen (secondary N) is 2. The second kappa shape index (κ2) is 10.7. The number of carbonyl (C=O) groups is 1. The molecule has 0 aliphatic carbocycles. The quantitative estimate of drug-likeness (QED) is 0.507. The first-order chi connectivity index (χ1) is 17.2. The van der Waals surface area contributed by atoms with Gasteiger partial charge in [0, 0.05) is 60.5 Å². The van der Waals surface area contributed by atoms with Crippen LogP contribution in [0.25, 0.3) is 5.57 Å². The summed E-state index contributed by atoms with van der Waals surface area (Å²) < 4.78 is 5.58. The molecule has 36 heavy (non-hydrogen) atoms. The van der Waals surface area contributed by atoms with Crippen LogP contribution in [-0.4, -0.2) is 50.9 Å². The summed E-state index contributed by atoms with van der Waals surface area (Å²) in [5.74, 6) is 0.624. The Morgan fingerprint density at radius 1 is 1.17 bits per heavy atom. The van der Waals surface area contributed by atoms with E-state index in [1.165, 1.54) is 12.8 Å². The number of hydrogen-bond donors (Lipinski definition) is 3. The van der Waals surface area contributed by atoms with Crippen molar-refractivity contribution in [2.24, 2.45) is 10.7 Å². The van der Waals surface area contributed by atoms with E-state index in [9.17, 15) is 4.79 Å². The molecular formula is C29H39N5O2. The second-order valence-corrected chi connectivity index (χ2v) is 10.1. The molecule has 4 rings (SSSR count). The van der Waals surface area contributed by atoms with Gasteiger partial charge in [0.1, 0.15) is 5.75 Å². The third-order valence-corrected chi connectivity index (χ3v) is 7.44. The Morgan fingerprint density at radius 3 is 2.47 bits per heavy atom. The maximum Gasteiger partial charge on any atom is 0.252 e. The molecule has 7 nitrogen and oxygen atoms in total. The zero-order valence-electron chi connectivity index (χ0n) is 22.3. The number of fused-ring (bicyclic) bond motifs is 2. The van der Waals surface area contributed by atoms with Crippen molar-refractivity contribution in [1.29, 1.82) is 0 Å². The van der Waals surface area contributed by atoms with Gasteiger partial charge in [0.15, 0.2) is 0 Å². The van der Waals surface area contributed by atoms with Crippen molar-refractivity contribution in [2.45, 2.75) is 58.7 Å². The summed E-state index contributed by atoms with van der Waals surface area (Å²) >= 11 is 0. The lowest BCUT2D eigenvalue weighted by molar-refractivity contribution is 0.0939. The lowest BCUT2D eigenvalue weighted by Gasteiger charge is -2.35. The number of aryl methyl sites for hydroxylation is 1. The fourth-order valence-electron chi connectivity index (χ4n) is 5.38. The van der Waals surface area contributed by atoms with Gasteiger partial charge < -0.3 is 26.0 Å². The molecule has 1 amide bonds. The van der Waals surface area contributed by atoms with Crippen LogP contribution in [0.1, 0.15) is 66.7 Å². The van der Waals surface area contributed by atoms with Crippen molar-refractivity contribution in [3.05, 3.63) is 64.3 Å². The summed E-state index contributed by atoms with van der Waals surface area (Å²) in [4.78, 5) is 20.2. The van der Waals surface area contributed by atoms with Crippen LogP contribution in [0.2, 0.25) is 0 Å². The highest BCUT2D eigenvalue weighted by molar-refractivity contribution is 6.23. The summed E-state index contributed by atoms with van der Waals surface area (Å²) in [6, 6.07) is 13.0. The van der Waals surface area contributed by atoms with Crippen molar-refractivity contribution in [3.8, 4) is 5.75 Å². The van der Waals surface area contributed by atoms with Gasteiger partial charge in [-0.1, -0.05) is 6.07 Å². The van der Waals surface area contributed by atoms with Crippen molar-refractivity contribution in [2.75, 3.05) is 32.1 Å². The standard InChI is InChI=1S/C29H39N5O2/c1-17-7-10-25(34-15-23-8-9-24(16-34)33-23)14-27(17)29(35)32-19(3)21-11-22(13-26(12-21)36-6)28(18(2)30)20(4)31-5/h7,10-14,19,23-24,33H,8-9,15-16,30H2,1-6H3,(H,32,35)/t19-,23-,24+/m1/s1.